The zero-order valence-corrected chi connectivity index (χ0v) is 11.4. The molecule has 0 aliphatic heterocycles. The van der Waals surface area contributed by atoms with Gasteiger partial charge in [-0.25, -0.2) is 0 Å². The summed E-state index contributed by atoms with van der Waals surface area (Å²) in [6.45, 7) is 5.26. The maximum Gasteiger partial charge on any atom is 0.200 e. The van der Waals surface area contributed by atoms with Gasteiger partial charge in [0.1, 0.15) is 0 Å². The fraction of sp³-hybridized carbons (Fsp3) is 0.571. The van der Waals surface area contributed by atoms with Crippen molar-refractivity contribution in [1.29, 1.82) is 0 Å². The highest BCUT2D eigenvalue weighted by atomic mass is 16.5. The van der Waals surface area contributed by atoms with Crippen LogP contribution in [0.15, 0.2) is 12.1 Å². The summed E-state index contributed by atoms with van der Waals surface area (Å²) >= 11 is 0. The molecule has 2 rings (SSSR count). The van der Waals surface area contributed by atoms with Crippen molar-refractivity contribution in [3.63, 3.8) is 0 Å². The maximum atomic E-state index is 9.82. The van der Waals surface area contributed by atoms with E-state index in [0.717, 1.165) is 12.1 Å². The van der Waals surface area contributed by atoms with Crippen LogP contribution in [-0.4, -0.2) is 25.4 Å². The van der Waals surface area contributed by atoms with Crippen molar-refractivity contribution in [1.82, 2.24) is 5.32 Å². The summed E-state index contributed by atoms with van der Waals surface area (Å²) in [6.07, 6.45) is 1.21. The highest BCUT2D eigenvalue weighted by molar-refractivity contribution is 5.52. The molecule has 0 bridgehead atoms. The number of ether oxygens (including phenoxy) is 2. The lowest BCUT2D eigenvalue weighted by Crippen LogP contribution is -2.19. The molecule has 0 spiro atoms. The van der Waals surface area contributed by atoms with E-state index in [1.54, 1.807) is 0 Å². The van der Waals surface area contributed by atoms with Crippen LogP contribution < -0.4 is 14.8 Å². The summed E-state index contributed by atoms with van der Waals surface area (Å²) < 4.78 is 10.3. The molecule has 0 radical (unpaired) electrons. The van der Waals surface area contributed by atoms with Crippen molar-refractivity contribution in [3.8, 4) is 17.2 Å². The molecule has 0 aromatic heterocycles. The van der Waals surface area contributed by atoms with Gasteiger partial charge in [0.25, 0.3) is 0 Å². The molecule has 1 fully saturated rings. The summed E-state index contributed by atoms with van der Waals surface area (Å²) in [5.41, 5.74) is 1.45. The molecular formula is C14H21NO3. The molecule has 1 atom stereocenters. The van der Waals surface area contributed by atoms with Gasteiger partial charge in [0, 0.05) is 12.6 Å². The van der Waals surface area contributed by atoms with E-state index in [9.17, 15) is 5.11 Å². The van der Waals surface area contributed by atoms with Gasteiger partial charge >= 0.3 is 0 Å². The van der Waals surface area contributed by atoms with Gasteiger partial charge in [0.15, 0.2) is 11.5 Å². The van der Waals surface area contributed by atoms with Crippen molar-refractivity contribution in [3.05, 3.63) is 17.7 Å². The van der Waals surface area contributed by atoms with Gasteiger partial charge in [-0.05, 0) is 29.5 Å². The third-order valence-corrected chi connectivity index (χ3v) is 3.61. The lowest BCUT2D eigenvalue weighted by atomic mass is 10.1. The van der Waals surface area contributed by atoms with Gasteiger partial charge < -0.3 is 19.9 Å². The van der Waals surface area contributed by atoms with Gasteiger partial charge in [-0.1, -0.05) is 13.8 Å². The fourth-order valence-electron chi connectivity index (χ4n) is 2.11. The Morgan fingerprint density at radius 3 is 2.17 bits per heavy atom. The van der Waals surface area contributed by atoms with Crippen LogP contribution in [-0.2, 0) is 6.54 Å². The molecule has 1 saturated carbocycles. The smallest absolute Gasteiger partial charge is 0.200 e. The molecule has 0 saturated heterocycles. The molecule has 4 heteroatoms. The van der Waals surface area contributed by atoms with E-state index in [-0.39, 0.29) is 5.75 Å². The normalized spacial score (nSPS) is 20.6. The van der Waals surface area contributed by atoms with Crippen LogP contribution in [0.1, 0.15) is 25.8 Å². The number of benzene rings is 1. The number of aromatic hydroxyl groups is 1. The van der Waals surface area contributed by atoms with Crippen LogP contribution in [0, 0.1) is 5.41 Å². The third-order valence-electron chi connectivity index (χ3n) is 3.61. The first-order valence-corrected chi connectivity index (χ1v) is 6.15. The van der Waals surface area contributed by atoms with E-state index in [1.165, 1.54) is 20.6 Å². The first-order chi connectivity index (χ1) is 8.47. The standard InChI is InChI=1S/C14H21NO3/c1-14(2)7-12(14)15-8-9-5-10(17-3)13(16)11(6-9)18-4/h5-6,12,15-16H,7-8H2,1-4H3. The highest BCUT2D eigenvalue weighted by Crippen LogP contribution is 2.45. The molecule has 0 amide bonds. The van der Waals surface area contributed by atoms with E-state index < -0.39 is 0 Å². The van der Waals surface area contributed by atoms with Crippen molar-refractivity contribution >= 4 is 0 Å². The van der Waals surface area contributed by atoms with Gasteiger partial charge in [-0.2, -0.15) is 0 Å². The van der Waals surface area contributed by atoms with Crippen LogP contribution in [0.3, 0.4) is 0 Å². The Kier molecular flexibility index (Phi) is 3.39. The average Bonchev–Trinajstić information content (AvgIpc) is 2.95. The molecule has 2 N–H and O–H groups in total. The van der Waals surface area contributed by atoms with E-state index in [0.29, 0.717) is 23.0 Å². The topological polar surface area (TPSA) is 50.7 Å². The van der Waals surface area contributed by atoms with Gasteiger partial charge in [0.05, 0.1) is 14.2 Å². The molecule has 1 aliphatic rings. The van der Waals surface area contributed by atoms with E-state index in [1.807, 2.05) is 12.1 Å². The predicted octanol–water partition coefficient (Wildman–Crippen LogP) is 2.30. The zero-order valence-electron chi connectivity index (χ0n) is 11.4. The lowest BCUT2D eigenvalue weighted by Gasteiger charge is -2.12. The Hall–Kier alpha value is -1.42. The minimum Gasteiger partial charge on any atom is -0.502 e. The lowest BCUT2D eigenvalue weighted by molar-refractivity contribution is 0.339. The van der Waals surface area contributed by atoms with E-state index in [2.05, 4.69) is 19.2 Å². The largest absolute Gasteiger partial charge is 0.502 e. The van der Waals surface area contributed by atoms with Gasteiger partial charge in [0.2, 0.25) is 5.75 Å². The fourth-order valence-corrected chi connectivity index (χ4v) is 2.11. The first kappa shape index (κ1) is 13.0. The number of methoxy groups -OCH3 is 2. The first-order valence-electron chi connectivity index (χ1n) is 6.15. The minimum absolute atomic E-state index is 0.0514. The minimum atomic E-state index is 0.0514. The molecule has 4 nitrogen and oxygen atoms in total. The van der Waals surface area contributed by atoms with E-state index >= 15 is 0 Å². The second kappa shape index (κ2) is 4.69. The van der Waals surface area contributed by atoms with Gasteiger partial charge in [-0.15, -0.1) is 0 Å². The number of phenolic OH excluding ortho intramolecular Hbond substituents is 1. The molecule has 1 aliphatic carbocycles. The summed E-state index contributed by atoms with van der Waals surface area (Å²) in [5.74, 6) is 0.943. The molecule has 1 aromatic rings. The van der Waals surface area contributed by atoms with Crippen molar-refractivity contribution in [2.75, 3.05) is 14.2 Å². The number of nitrogens with one attached hydrogen (secondary N) is 1. The number of phenols is 1. The van der Waals surface area contributed by atoms with Crippen LogP contribution in [0.25, 0.3) is 0 Å². The van der Waals surface area contributed by atoms with Crippen molar-refractivity contribution in [2.24, 2.45) is 5.41 Å². The Bertz CT molecular complexity index is 418. The van der Waals surface area contributed by atoms with Crippen LogP contribution >= 0.6 is 0 Å². The molecule has 100 valence electrons. The van der Waals surface area contributed by atoms with Crippen LogP contribution in [0.4, 0.5) is 0 Å². The van der Waals surface area contributed by atoms with Crippen LogP contribution in [0.5, 0.6) is 17.2 Å². The average molecular weight is 251 g/mol. The monoisotopic (exact) mass is 251 g/mol. The summed E-state index contributed by atoms with van der Waals surface area (Å²) in [5, 5.41) is 13.3. The number of rotatable bonds is 5. The molecule has 1 aromatic carbocycles. The SMILES string of the molecule is COc1cc(CNC2CC2(C)C)cc(OC)c1O. The van der Waals surface area contributed by atoms with Gasteiger partial charge in [-0.3, -0.25) is 0 Å². The molecule has 1 unspecified atom stereocenters. The number of hydrogen-bond acceptors (Lipinski definition) is 4. The predicted molar refractivity (Wildman–Crippen MR) is 70.2 cm³/mol. The molecule has 0 heterocycles. The summed E-state index contributed by atoms with van der Waals surface area (Å²) in [6, 6.07) is 4.24. The summed E-state index contributed by atoms with van der Waals surface area (Å²) in [4.78, 5) is 0. The highest BCUT2D eigenvalue weighted by Gasteiger charge is 2.44. The Morgan fingerprint density at radius 1 is 1.28 bits per heavy atom. The van der Waals surface area contributed by atoms with Crippen molar-refractivity contribution < 1.29 is 14.6 Å². The maximum absolute atomic E-state index is 9.82. The molecule has 18 heavy (non-hydrogen) atoms. The van der Waals surface area contributed by atoms with Crippen LogP contribution in [0.2, 0.25) is 0 Å². The number of hydrogen-bond donors (Lipinski definition) is 2. The second-order valence-electron chi connectivity index (χ2n) is 5.48. The quantitative estimate of drug-likeness (QED) is 0.843. The van der Waals surface area contributed by atoms with Crippen molar-refractivity contribution in [2.45, 2.75) is 32.9 Å². The van der Waals surface area contributed by atoms with E-state index in [4.69, 9.17) is 9.47 Å². The Morgan fingerprint density at radius 2 is 1.78 bits per heavy atom. The second-order valence-corrected chi connectivity index (χ2v) is 5.48. The zero-order chi connectivity index (χ0) is 13.3. The Balaban J connectivity index is 2.08. The summed E-state index contributed by atoms with van der Waals surface area (Å²) in [7, 11) is 3.07. The molecular weight excluding hydrogens is 230 g/mol. The Labute approximate surface area is 108 Å². The third kappa shape index (κ3) is 2.53.